The molecule has 0 saturated carbocycles. The second kappa shape index (κ2) is 11.6. The molecule has 0 heterocycles. The maximum Gasteiger partial charge on any atom is 0.195 e. The Morgan fingerprint density at radius 3 is 2.31 bits per heavy atom. The van der Waals surface area contributed by atoms with Gasteiger partial charge in [0.25, 0.3) is 0 Å². The van der Waals surface area contributed by atoms with Gasteiger partial charge in [-0.2, -0.15) is 0 Å². The molecule has 26 heavy (non-hydrogen) atoms. The molecule has 1 unspecified atom stereocenters. The lowest BCUT2D eigenvalue weighted by molar-refractivity contribution is 0.355. The monoisotopic (exact) mass is 469 g/mol. The van der Waals surface area contributed by atoms with Crippen LogP contribution in [0.1, 0.15) is 24.8 Å². The molecule has 5 nitrogen and oxygen atoms in total. The average molecular weight is 469 g/mol. The number of methoxy groups -OCH3 is 2. The Morgan fingerprint density at radius 1 is 1.04 bits per heavy atom. The molecule has 0 radical (unpaired) electrons. The first kappa shape index (κ1) is 22.1. The van der Waals surface area contributed by atoms with Crippen LogP contribution in [0.25, 0.3) is 0 Å². The van der Waals surface area contributed by atoms with Gasteiger partial charge in [0.05, 0.1) is 14.2 Å². The van der Waals surface area contributed by atoms with E-state index in [1.165, 1.54) is 5.56 Å². The fourth-order valence-electron chi connectivity index (χ4n) is 2.67. The van der Waals surface area contributed by atoms with Crippen molar-refractivity contribution in [2.24, 2.45) is 4.99 Å². The molecule has 0 bridgehead atoms. The van der Waals surface area contributed by atoms with Crippen LogP contribution in [0.3, 0.4) is 0 Å². The molecule has 0 aliphatic carbocycles. The molecule has 0 amide bonds. The molecule has 0 aliphatic heterocycles. The zero-order valence-corrected chi connectivity index (χ0v) is 18.1. The van der Waals surface area contributed by atoms with Gasteiger partial charge in [-0.15, -0.1) is 24.0 Å². The maximum atomic E-state index is 5.34. The molecule has 1 atom stereocenters. The van der Waals surface area contributed by atoms with Crippen LogP contribution in [0.4, 0.5) is 5.69 Å². The quantitative estimate of drug-likeness (QED) is 0.356. The topological polar surface area (TPSA) is 54.9 Å². The van der Waals surface area contributed by atoms with E-state index in [1.807, 2.05) is 24.3 Å². The molecular formula is C20H28IN3O2. The number of ether oxygens (including phenoxy) is 2. The molecule has 0 spiro atoms. The number of nitrogens with one attached hydrogen (secondary N) is 2. The van der Waals surface area contributed by atoms with Crippen LogP contribution in [0, 0.1) is 0 Å². The van der Waals surface area contributed by atoms with Gasteiger partial charge in [-0.25, -0.2) is 0 Å². The van der Waals surface area contributed by atoms with Crippen molar-refractivity contribution in [1.82, 2.24) is 5.32 Å². The molecule has 0 aliphatic rings. The molecule has 6 heteroatoms. The molecule has 2 aromatic carbocycles. The number of hydrogen-bond acceptors (Lipinski definition) is 3. The molecule has 2 N–H and O–H groups in total. The lowest BCUT2D eigenvalue weighted by atomic mass is 9.97. The highest BCUT2D eigenvalue weighted by Gasteiger charge is 2.11. The number of nitrogens with zero attached hydrogens (tertiary/aromatic N) is 1. The third-order valence-corrected chi connectivity index (χ3v) is 4.15. The molecular weight excluding hydrogens is 441 g/mol. The van der Waals surface area contributed by atoms with Crippen molar-refractivity contribution in [3.8, 4) is 11.5 Å². The third kappa shape index (κ3) is 6.09. The van der Waals surface area contributed by atoms with Crippen molar-refractivity contribution in [1.29, 1.82) is 0 Å². The van der Waals surface area contributed by atoms with Crippen molar-refractivity contribution >= 4 is 35.6 Å². The van der Waals surface area contributed by atoms with Gasteiger partial charge in [-0.1, -0.05) is 37.3 Å². The van der Waals surface area contributed by atoms with Crippen LogP contribution >= 0.6 is 24.0 Å². The summed E-state index contributed by atoms with van der Waals surface area (Å²) in [7, 11) is 5.01. The van der Waals surface area contributed by atoms with Crippen LogP contribution in [-0.2, 0) is 0 Å². The third-order valence-electron chi connectivity index (χ3n) is 4.15. The maximum absolute atomic E-state index is 5.34. The normalized spacial score (nSPS) is 11.9. The number of guanidine groups is 1. The van der Waals surface area contributed by atoms with Crippen LogP contribution in [-0.4, -0.2) is 33.8 Å². The highest BCUT2D eigenvalue weighted by Crippen LogP contribution is 2.29. The zero-order valence-electron chi connectivity index (χ0n) is 15.8. The average Bonchev–Trinajstić information content (AvgIpc) is 2.68. The van der Waals surface area contributed by atoms with Gasteiger partial charge in [0.15, 0.2) is 17.5 Å². The van der Waals surface area contributed by atoms with Crippen molar-refractivity contribution < 1.29 is 9.47 Å². The summed E-state index contributed by atoms with van der Waals surface area (Å²) in [5.74, 6) is 2.54. The summed E-state index contributed by atoms with van der Waals surface area (Å²) in [6.07, 6.45) is 1.06. The predicted molar refractivity (Wildman–Crippen MR) is 119 cm³/mol. The highest BCUT2D eigenvalue weighted by atomic mass is 127. The van der Waals surface area contributed by atoms with Crippen molar-refractivity contribution in [2.75, 3.05) is 33.1 Å². The van der Waals surface area contributed by atoms with Gasteiger partial charge < -0.3 is 20.1 Å². The van der Waals surface area contributed by atoms with E-state index in [0.29, 0.717) is 17.4 Å². The van der Waals surface area contributed by atoms with E-state index >= 15 is 0 Å². The van der Waals surface area contributed by atoms with Crippen molar-refractivity contribution in [3.05, 3.63) is 54.1 Å². The first-order valence-corrected chi connectivity index (χ1v) is 8.46. The Balaban J connectivity index is 0.00000338. The number of anilines is 1. The summed E-state index contributed by atoms with van der Waals surface area (Å²) < 4.78 is 10.6. The summed E-state index contributed by atoms with van der Waals surface area (Å²) in [5.41, 5.74) is 2.22. The largest absolute Gasteiger partial charge is 0.493 e. The first-order chi connectivity index (χ1) is 12.2. The van der Waals surface area contributed by atoms with Crippen LogP contribution in [0.5, 0.6) is 11.5 Å². The minimum Gasteiger partial charge on any atom is -0.493 e. The minimum absolute atomic E-state index is 0. The van der Waals surface area contributed by atoms with Crippen LogP contribution in [0.2, 0.25) is 0 Å². The molecule has 2 aromatic rings. The van der Waals surface area contributed by atoms with Crippen molar-refractivity contribution in [2.45, 2.75) is 19.3 Å². The van der Waals surface area contributed by atoms with E-state index in [4.69, 9.17) is 9.47 Å². The summed E-state index contributed by atoms with van der Waals surface area (Å²) in [6, 6.07) is 16.2. The van der Waals surface area contributed by atoms with Gasteiger partial charge in [0, 0.05) is 31.3 Å². The Hall–Kier alpha value is -1.96. The van der Waals surface area contributed by atoms with Gasteiger partial charge in [-0.05, 0) is 24.1 Å². The Kier molecular flexibility index (Phi) is 9.87. The lowest BCUT2D eigenvalue weighted by Crippen LogP contribution is -2.33. The molecule has 142 valence electrons. The number of hydrogen-bond donors (Lipinski definition) is 2. The number of benzene rings is 2. The van der Waals surface area contributed by atoms with E-state index in [2.05, 4.69) is 46.8 Å². The van der Waals surface area contributed by atoms with Gasteiger partial charge >= 0.3 is 0 Å². The molecule has 2 rings (SSSR count). The summed E-state index contributed by atoms with van der Waals surface area (Å²) >= 11 is 0. The second-order valence-electron chi connectivity index (χ2n) is 5.66. The predicted octanol–water partition coefficient (Wildman–Crippen LogP) is 4.50. The standard InChI is InChI=1S/C20H27N3O2.HI/c1-5-15(16-9-7-6-8-10-16)14-22-20(21-2)23-17-11-12-18(24-3)19(13-17)25-4;/h6-13,15H,5,14H2,1-4H3,(H2,21,22,23);1H. The first-order valence-electron chi connectivity index (χ1n) is 8.46. The lowest BCUT2D eigenvalue weighted by Gasteiger charge is -2.19. The van der Waals surface area contributed by atoms with E-state index in [0.717, 1.165) is 24.6 Å². The van der Waals surface area contributed by atoms with Crippen LogP contribution < -0.4 is 20.1 Å². The zero-order chi connectivity index (χ0) is 18.1. The van der Waals surface area contributed by atoms with E-state index in [-0.39, 0.29) is 24.0 Å². The molecule has 0 aromatic heterocycles. The van der Waals surface area contributed by atoms with E-state index in [9.17, 15) is 0 Å². The fourth-order valence-corrected chi connectivity index (χ4v) is 2.67. The number of rotatable bonds is 7. The smallest absolute Gasteiger partial charge is 0.195 e. The Morgan fingerprint density at radius 2 is 1.73 bits per heavy atom. The Labute approximate surface area is 173 Å². The summed E-state index contributed by atoms with van der Waals surface area (Å²) in [5, 5.41) is 6.69. The van der Waals surface area contributed by atoms with Gasteiger partial charge in [-0.3, -0.25) is 4.99 Å². The summed E-state index contributed by atoms with van der Waals surface area (Å²) in [6.45, 7) is 3.01. The summed E-state index contributed by atoms with van der Waals surface area (Å²) in [4.78, 5) is 4.30. The minimum atomic E-state index is 0. The highest BCUT2D eigenvalue weighted by molar-refractivity contribution is 14.0. The fraction of sp³-hybridized carbons (Fsp3) is 0.350. The van der Waals surface area contributed by atoms with E-state index in [1.54, 1.807) is 21.3 Å². The Bertz CT molecular complexity index is 693. The SMILES string of the molecule is CCC(CNC(=NC)Nc1ccc(OC)c(OC)c1)c1ccccc1.I. The second-order valence-corrected chi connectivity index (χ2v) is 5.66. The van der Waals surface area contributed by atoms with Gasteiger partial charge in [0.2, 0.25) is 0 Å². The van der Waals surface area contributed by atoms with Crippen molar-refractivity contribution in [3.63, 3.8) is 0 Å². The van der Waals surface area contributed by atoms with Crippen LogP contribution in [0.15, 0.2) is 53.5 Å². The number of halogens is 1. The number of aliphatic imine (C=N–C) groups is 1. The molecule has 0 fully saturated rings. The van der Waals surface area contributed by atoms with Gasteiger partial charge in [0.1, 0.15) is 0 Å². The molecule has 0 saturated heterocycles. The van der Waals surface area contributed by atoms with E-state index < -0.39 is 0 Å².